The van der Waals surface area contributed by atoms with Gasteiger partial charge in [-0.2, -0.15) is 0 Å². The Kier molecular flexibility index (Phi) is 4.32. The van der Waals surface area contributed by atoms with Crippen molar-refractivity contribution in [1.82, 2.24) is 9.97 Å². The van der Waals surface area contributed by atoms with E-state index in [2.05, 4.69) is 23.8 Å². The zero-order valence-electron chi connectivity index (χ0n) is 17.4. The number of nitrogens with zero attached hydrogens (tertiary/aromatic N) is 1. The summed E-state index contributed by atoms with van der Waals surface area (Å²) in [5.41, 5.74) is 2.25. The molecule has 31 heavy (non-hydrogen) atoms. The number of rotatable bonds is 2. The quantitative estimate of drug-likeness (QED) is 0.665. The van der Waals surface area contributed by atoms with Crippen LogP contribution in [0.4, 0.5) is 11.5 Å². The number of Topliss-reactive ketones (excluding diaryl/α,β-unsaturated/α-hetero) is 1. The molecule has 1 atom stereocenters. The number of aromatic nitrogens is 2. The van der Waals surface area contributed by atoms with Gasteiger partial charge in [0.15, 0.2) is 5.78 Å². The average molecular weight is 413 g/mol. The van der Waals surface area contributed by atoms with Gasteiger partial charge in [0.25, 0.3) is 5.56 Å². The highest BCUT2D eigenvalue weighted by Gasteiger charge is 2.45. The first kappa shape index (κ1) is 19.3. The third kappa shape index (κ3) is 3.15. The van der Waals surface area contributed by atoms with Crippen LogP contribution >= 0.6 is 0 Å². The van der Waals surface area contributed by atoms with Gasteiger partial charge in [0.05, 0.1) is 5.56 Å². The molecule has 2 N–H and O–H groups in total. The molecule has 0 bridgehead atoms. The van der Waals surface area contributed by atoms with Crippen molar-refractivity contribution in [1.29, 1.82) is 0 Å². The lowest BCUT2D eigenvalue weighted by Gasteiger charge is -2.44. The van der Waals surface area contributed by atoms with Crippen molar-refractivity contribution in [3.8, 4) is 0 Å². The van der Waals surface area contributed by atoms with Crippen LogP contribution in [0.15, 0.2) is 81.5 Å². The van der Waals surface area contributed by atoms with Gasteiger partial charge in [0, 0.05) is 29.3 Å². The predicted molar refractivity (Wildman–Crippen MR) is 120 cm³/mol. The van der Waals surface area contributed by atoms with E-state index in [-0.39, 0.29) is 11.2 Å². The monoisotopic (exact) mass is 413 g/mol. The molecule has 2 heterocycles. The van der Waals surface area contributed by atoms with Crippen LogP contribution in [0.25, 0.3) is 0 Å². The Morgan fingerprint density at radius 1 is 0.871 bits per heavy atom. The number of hydrogen-bond acceptors (Lipinski definition) is 4. The van der Waals surface area contributed by atoms with Gasteiger partial charge in [-0.3, -0.25) is 24.5 Å². The summed E-state index contributed by atoms with van der Waals surface area (Å²) in [7, 11) is 0. The second-order valence-electron chi connectivity index (χ2n) is 8.99. The fourth-order valence-corrected chi connectivity index (χ4v) is 4.88. The van der Waals surface area contributed by atoms with E-state index in [0.29, 0.717) is 29.8 Å². The molecule has 0 fully saturated rings. The lowest BCUT2D eigenvalue weighted by molar-refractivity contribution is -0.118. The van der Waals surface area contributed by atoms with Crippen LogP contribution in [0.1, 0.15) is 43.7 Å². The van der Waals surface area contributed by atoms with E-state index >= 15 is 0 Å². The number of carbonyl (C=O) groups is 1. The number of benzene rings is 2. The second-order valence-corrected chi connectivity index (χ2v) is 8.99. The molecule has 5 rings (SSSR count). The van der Waals surface area contributed by atoms with Crippen LogP contribution in [0, 0.1) is 5.41 Å². The standard InChI is InChI=1S/C25H23N3O3/c1-25(2)13-17-20(18(29)14-25)19(15-9-5-3-6-10-15)21-22(26-24(31)27-23(21)30)28(17)16-11-7-4-8-12-16/h3-12,19H,13-14H2,1-2H3,(H2,26,27,30,31). The molecular formula is C25H23N3O3. The van der Waals surface area contributed by atoms with E-state index in [1.165, 1.54) is 0 Å². The summed E-state index contributed by atoms with van der Waals surface area (Å²) in [6.45, 7) is 4.15. The maximum Gasteiger partial charge on any atom is 0.327 e. The molecule has 3 aromatic rings. The van der Waals surface area contributed by atoms with Gasteiger partial charge >= 0.3 is 5.69 Å². The highest BCUT2D eigenvalue weighted by atomic mass is 16.2. The average Bonchev–Trinajstić information content (AvgIpc) is 2.72. The summed E-state index contributed by atoms with van der Waals surface area (Å²) in [5.74, 6) is -0.0642. The first-order valence-electron chi connectivity index (χ1n) is 10.4. The number of carbonyl (C=O) groups excluding carboxylic acids is 1. The molecule has 1 aliphatic carbocycles. The lowest BCUT2D eigenvalue weighted by Crippen LogP contribution is -2.42. The summed E-state index contributed by atoms with van der Waals surface area (Å²) in [4.78, 5) is 46.1. The minimum absolute atomic E-state index is 0.0392. The molecule has 156 valence electrons. The molecule has 6 heteroatoms. The number of ketones is 1. The normalized spacial score (nSPS) is 19.7. The van der Waals surface area contributed by atoms with Crippen molar-refractivity contribution < 1.29 is 4.79 Å². The van der Waals surface area contributed by atoms with Crippen molar-refractivity contribution in [2.24, 2.45) is 5.41 Å². The molecule has 0 saturated heterocycles. The van der Waals surface area contributed by atoms with Crippen molar-refractivity contribution in [3.05, 3.63) is 104 Å². The minimum atomic E-state index is -0.568. The number of nitrogens with one attached hydrogen (secondary N) is 2. The van der Waals surface area contributed by atoms with Gasteiger partial charge in [0.1, 0.15) is 5.82 Å². The van der Waals surface area contributed by atoms with Crippen LogP contribution in [-0.4, -0.2) is 15.8 Å². The zero-order chi connectivity index (χ0) is 21.8. The van der Waals surface area contributed by atoms with E-state index in [9.17, 15) is 14.4 Å². The third-order valence-corrected chi connectivity index (χ3v) is 6.07. The molecule has 1 aliphatic heterocycles. The molecule has 6 nitrogen and oxygen atoms in total. The van der Waals surface area contributed by atoms with Crippen LogP contribution in [0.3, 0.4) is 0 Å². The van der Waals surface area contributed by atoms with Gasteiger partial charge in [-0.05, 0) is 29.5 Å². The van der Waals surface area contributed by atoms with E-state index < -0.39 is 17.2 Å². The molecule has 1 aromatic heterocycles. The fraction of sp³-hybridized carbons (Fsp3) is 0.240. The molecule has 0 radical (unpaired) electrons. The Morgan fingerprint density at radius 2 is 1.52 bits per heavy atom. The number of H-pyrrole nitrogens is 2. The van der Waals surface area contributed by atoms with Crippen LogP contribution in [-0.2, 0) is 4.79 Å². The van der Waals surface area contributed by atoms with Gasteiger partial charge in [0.2, 0.25) is 0 Å². The molecule has 2 aliphatic rings. The van der Waals surface area contributed by atoms with Crippen LogP contribution in [0.2, 0.25) is 0 Å². The smallest absolute Gasteiger partial charge is 0.299 e. The number of fused-ring (bicyclic) bond motifs is 1. The molecule has 0 saturated carbocycles. The first-order chi connectivity index (χ1) is 14.9. The summed E-state index contributed by atoms with van der Waals surface area (Å²) in [6, 6.07) is 19.1. The summed E-state index contributed by atoms with van der Waals surface area (Å²) in [5, 5.41) is 0. The largest absolute Gasteiger partial charge is 0.327 e. The van der Waals surface area contributed by atoms with Crippen LogP contribution in [0.5, 0.6) is 0 Å². The molecule has 1 unspecified atom stereocenters. The SMILES string of the molecule is CC1(C)CC(=O)C2=C(C1)N(c1ccccc1)c1[nH]c(=O)[nH]c(=O)c1C2c1ccccc1. The Bertz CT molecular complexity index is 1320. The van der Waals surface area contributed by atoms with E-state index in [1.54, 1.807) is 0 Å². The second kappa shape index (κ2) is 6.94. The first-order valence-corrected chi connectivity index (χ1v) is 10.4. The summed E-state index contributed by atoms with van der Waals surface area (Å²) >= 11 is 0. The Morgan fingerprint density at radius 3 is 2.19 bits per heavy atom. The van der Waals surface area contributed by atoms with Crippen LogP contribution < -0.4 is 16.1 Å². The third-order valence-electron chi connectivity index (χ3n) is 6.07. The van der Waals surface area contributed by atoms with E-state index in [0.717, 1.165) is 16.9 Å². The number of anilines is 2. The Balaban J connectivity index is 1.90. The molecule has 0 amide bonds. The number of allylic oxidation sites excluding steroid dienone is 2. The Hall–Kier alpha value is -3.67. The van der Waals surface area contributed by atoms with Gasteiger partial charge < -0.3 is 0 Å². The van der Waals surface area contributed by atoms with Gasteiger partial charge in [-0.1, -0.05) is 62.4 Å². The van der Waals surface area contributed by atoms with Gasteiger partial charge in [-0.25, -0.2) is 4.79 Å². The molecular weight excluding hydrogens is 390 g/mol. The maximum absolute atomic E-state index is 13.5. The number of hydrogen-bond donors (Lipinski definition) is 2. The predicted octanol–water partition coefficient (Wildman–Crippen LogP) is 3.99. The lowest BCUT2D eigenvalue weighted by atomic mass is 9.68. The minimum Gasteiger partial charge on any atom is -0.299 e. The van der Waals surface area contributed by atoms with Crippen molar-refractivity contribution >= 4 is 17.3 Å². The summed E-state index contributed by atoms with van der Waals surface area (Å²) < 4.78 is 0. The van der Waals surface area contributed by atoms with Gasteiger partial charge in [-0.15, -0.1) is 0 Å². The Labute approximate surface area is 179 Å². The number of para-hydroxylation sites is 1. The molecule has 2 aromatic carbocycles. The molecule has 0 spiro atoms. The van der Waals surface area contributed by atoms with Crippen molar-refractivity contribution in [3.63, 3.8) is 0 Å². The van der Waals surface area contributed by atoms with E-state index in [1.807, 2.05) is 65.6 Å². The zero-order valence-corrected chi connectivity index (χ0v) is 17.4. The highest BCUT2D eigenvalue weighted by molar-refractivity contribution is 6.02. The van der Waals surface area contributed by atoms with Crippen molar-refractivity contribution in [2.75, 3.05) is 4.90 Å². The summed E-state index contributed by atoms with van der Waals surface area (Å²) in [6.07, 6.45) is 1.06. The number of aromatic amines is 2. The maximum atomic E-state index is 13.5. The topological polar surface area (TPSA) is 86.0 Å². The fourth-order valence-electron chi connectivity index (χ4n) is 4.88. The highest BCUT2D eigenvalue weighted by Crippen LogP contribution is 2.51. The van der Waals surface area contributed by atoms with Crippen molar-refractivity contribution in [2.45, 2.75) is 32.6 Å². The van der Waals surface area contributed by atoms with E-state index in [4.69, 9.17) is 0 Å².